The number of nitrogens with zero attached hydrogens (tertiary/aromatic N) is 3. The van der Waals surface area contributed by atoms with Crippen LogP contribution in [0.4, 0.5) is 24.5 Å². The Morgan fingerprint density at radius 2 is 1.47 bits per heavy atom. The Morgan fingerprint density at radius 3 is 2.06 bits per heavy atom. The summed E-state index contributed by atoms with van der Waals surface area (Å²) >= 11 is 0. The predicted octanol–water partition coefficient (Wildman–Crippen LogP) is 1.44. The molecule has 0 saturated heterocycles. The number of aliphatic hydroxyl groups is 2. The van der Waals surface area contributed by atoms with Crippen molar-refractivity contribution < 1.29 is 28.2 Å². The molecule has 0 radical (unpaired) electrons. The zero-order valence-electron chi connectivity index (χ0n) is 16.4. The van der Waals surface area contributed by atoms with Crippen LogP contribution in [0.1, 0.15) is 10.6 Å². The summed E-state index contributed by atoms with van der Waals surface area (Å²) in [6, 6.07) is 7.22. The van der Waals surface area contributed by atoms with Crippen LogP contribution in [-0.4, -0.2) is 50.4 Å². The zero-order valence-corrected chi connectivity index (χ0v) is 16.4. The number of hydrogen-bond acceptors (Lipinski definition) is 7. The Morgan fingerprint density at radius 1 is 0.875 bits per heavy atom. The normalized spacial score (nSPS) is 22.2. The van der Waals surface area contributed by atoms with Crippen LogP contribution in [0.5, 0.6) is 0 Å². The van der Waals surface area contributed by atoms with Crippen LogP contribution >= 0.6 is 0 Å². The van der Waals surface area contributed by atoms with Crippen molar-refractivity contribution in [2.45, 2.75) is 24.3 Å². The van der Waals surface area contributed by atoms with Crippen molar-refractivity contribution in [2.75, 3.05) is 4.90 Å². The second-order valence-electron chi connectivity index (χ2n) is 7.14. The molecule has 166 valence electrons. The molecule has 4 rings (SSSR count). The zero-order chi connectivity index (χ0) is 22.8. The number of aromatic nitrogens is 2. The number of carbonyl (C=O) groups excluding carboxylic acids is 1. The van der Waals surface area contributed by atoms with Gasteiger partial charge in [-0.15, -0.1) is 0 Å². The molecule has 11 heteroatoms. The van der Waals surface area contributed by atoms with E-state index in [0.29, 0.717) is 11.8 Å². The highest BCUT2D eigenvalue weighted by Crippen LogP contribution is 2.37. The van der Waals surface area contributed by atoms with E-state index in [0.717, 1.165) is 24.3 Å². The molecule has 1 aliphatic rings. The first-order chi connectivity index (χ1) is 15.3. The van der Waals surface area contributed by atoms with E-state index in [1.807, 2.05) is 0 Å². The number of hydrogen-bond donors (Lipinski definition) is 4. The van der Waals surface area contributed by atoms with Gasteiger partial charge in [0, 0.05) is 29.8 Å². The van der Waals surface area contributed by atoms with Crippen LogP contribution in [0.2, 0.25) is 0 Å². The molecule has 0 aliphatic heterocycles. The van der Waals surface area contributed by atoms with Crippen LogP contribution in [0.15, 0.2) is 60.9 Å². The second-order valence-corrected chi connectivity index (χ2v) is 7.14. The summed E-state index contributed by atoms with van der Waals surface area (Å²) in [6.07, 6.45) is 0.199. The number of carbonyl (C=O) groups is 1. The molecule has 0 bridgehead atoms. The van der Waals surface area contributed by atoms with Crippen LogP contribution in [0, 0.1) is 17.5 Å². The van der Waals surface area contributed by atoms with Crippen LogP contribution in [0.25, 0.3) is 0 Å². The van der Waals surface area contributed by atoms with E-state index < -0.39 is 47.7 Å². The Hall–Kier alpha value is -3.54. The summed E-state index contributed by atoms with van der Waals surface area (Å²) in [5, 5.41) is 21.4. The molecule has 1 aromatic heterocycles. The Bertz CT molecular complexity index is 1070. The highest BCUT2D eigenvalue weighted by atomic mass is 19.1. The highest BCUT2D eigenvalue weighted by Gasteiger charge is 2.53. The molecule has 8 nitrogen and oxygen atoms in total. The second kappa shape index (κ2) is 8.91. The van der Waals surface area contributed by atoms with Gasteiger partial charge in [-0.2, -0.15) is 0 Å². The van der Waals surface area contributed by atoms with Crippen LogP contribution in [0.3, 0.4) is 0 Å². The van der Waals surface area contributed by atoms with E-state index >= 15 is 0 Å². The lowest BCUT2D eigenvalue weighted by molar-refractivity contribution is -0.0873. The first-order valence-corrected chi connectivity index (χ1v) is 9.55. The lowest BCUT2D eigenvalue weighted by Crippen LogP contribution is -2.75. The van der Waals surface area contributed by atoms with Crippen molar-refractivity contribution in [3.05, 3.63) is 84.2 Å². The van der Waals surface area contributed by atoms with Gasteiger partial charge in [-0.05, 0) is 42.5 Å². The number of nitrogens with one attached hydrogen (secondary N) is 2. The van der Waals surface area contributed by atoms with Crippen molar-refractivity contribution in [3.63, 3.8) is 0 Å². The van der Waals surface area contributed by atoms with Gasteiger partial charge in [0.15, 0.2) is 0 Å². The minimum Gasteiger partial charge on any atom is -0.389 e. The standard InChI is InChI=1S/C21H18F3N5O3/c22-11-2-4-14(5-3-11)29(15-9-12(23)8-13(24)10-15)17-18(30)16(19(17)31)27-28-21(32)20-25-6-1-7-26-20/h1-10,16-19,27,30-31H,(H,28,32). The maximum atomic E-state index is 13.9. The molecular formula is C21H18F3N5O3. The van der Waals surface area contributed by atoms with Crippen molar-refractivity contribution in [2.24, 2.45) is 0 Å². The third-order valence-electron chi connectivity index (χ3n) is 5.09. The summed E-state index contributed by atoms with van der Waals surface area (Å²) in [5.74, 6) is -3.06. The first kappa shape index (κ1) is 21.7. The Kier molecular flexibility index (Phi) is 6.04. The monoisotopic (exact) mass is 445 g/mol. The molecule has 0 spiro atoms. The molecule has 2 atom stereocenters. The van der Waals surface area contributed by atoms with E-state index in [1.165, 1.54) is 35.5 Å². The maximum absolute atomic E-state index is 13.9. The molecule has 2 aromatic carbocycles. The SMILES string of the molecule is O=C(NNC1C(O)C(N(c2ccc(F)cc2)c2cc(F)cc(F)c2)C1O)c1ncccn1. The number of anilines is 2. The van der Waals surface area contributed by atoms with E-state index in [1.54, 1.807) is 0 Å². The summed E-state index contributed by atoms with van der Waals surface area (Å²) in [6.45, 7) is 0. The van der Waals surface area contributed by atoms with Gasteiger partial charge in [0.05, 0.1) is 24.3 Å². The van der Waals surface area contributed by atoms with Crippen LogP contribution < -0.4 is 15.8 Å². The molecule has 2 unspecified atom stereocenters. The van der Waals surface area contributed by atoms with E-state index in [9.17, 15) is 28.2 Å². The fraction of sp³-hybridized carbons (Fsp3) is 0.190. The van der Waals surface area contributed by atoms with Gasteiger partial charge < -0.3 is 15.1 Å². The largest absolute Gasteiger partial charge is 0.389 e. The number of benzene rings is 2. The average molecular weight is 445 g/mol. The summed E-state index contributed by atoms with van der Waals surface area (Å²) in [5.41, 5.74) is 5.13. The smallest absolute Gasteiger partial charge is 0.303 e. The lowest BCUT2D eigenvalue weighted by atomic mass is 9.78. The topological polar surface area (TPSA) is 111 Å². The van der Waals surface area contributed by atoms with Crippen LogP contribution in [-0.2, 0) is 0 Å². The van der Waals surface area contributed by atoms with E-state index in [4.69, 9.17) is 0 Å². The van der Waals surface area contributed by atoms with Crippen molar-refractivity contribution in [1.29, 1.82) is 0 Å². The number of rotatable bonds is 6. The quantitative estimate of drug-likeness (QED) is 0.425. The maximum Gasteiger partial charge on any atom is 0.303 e. The van der Waals surface area contributed by atoms with Gasteiger partial charge in [-0.25, -0.2) is 28.6 Å². The first-order valence-electron chi connectivity index (χ1n) is 9.55. The number of halogens is 3. The van der Waals surface area contributed by atoms with Gasteiger partial charge >= 0.3 is 5.91 Å². The lowest BCUT2D eigenvalue weighted by Gasteiger charge is -2.51. The molecule has 1 saturated carbocycles. The Balaban J connectivity index is 1.56. The van der Waals surface area contributed by atoms with Gasteiger partial charge in [-0.1, -0.05) is 0 Å². The number of hydrazine groups is 1. The number of aliphatic hydroxyl groups excluding tert-OH is 2. The molecular weight excluding hydrogens is 427 g/mol. The summed E-state index contributed by atoms with van der Waals surface area (Å²) in [7, 11) is 0. The molecule has 1 fully saturated rings. The summed E-state index contributed by atoms with van der Waals surface area (Å²) in [4.78, 5) is 21.0. The van der Waals surface area contributed by atoms with Crippen molar-refractivity contribution in [3.8, 4) is 0 Å². The van der Waals surface area contributed by atoms with Crippen molar-refractivity contribution in [1.82, 2.24) is 20.8 Å². The third-order valence-corrected chi connectivity index (χ3v) is 5.09. The third kappa shape index (κ3) is 4.26. The highest BCUT2D eigenvalue weighted by molar-refractivity contribution is 5.89. The predicted molar refractivity (Wildman–Crippen MR) is 107 cm³/mol. The average Bonchev–Trinajstić information content (AvgIpc) is 2.78. The van der Waals surface area contributed by atoms with E-state index in [-0.39, 0.29) is 11.5 Å². The molecule has 1 amide bonds. The fourth-order valence-electron chi connectivity index (χ4n) is 3.55. The Labute approximate surface area is 180 Å². The minimum absolute atomic E-state index is 0.0115. The molecule has 4 N–H and O–H groups in total. The van der Waals surface area contributed by atoms with Gasteiger partial charge in [-0.3, -0.25) is 10.2 Å². The molecule has 1 aliphatic carbocycles. The molecule has 1 heterocycles. The van der Waals surface area contributed by atoms with Gasteiger partial charge in [0.2, 0.25) is 5.82 Å². The minimum atomic E-state index is -1.28. The van der Waals surface area contributed by atoms with Gasteiger partial charge in [0.25, 0.3) is 0 Å². The number of amides is 1. The summed E-state index contributed by atoms with van der Waals surface area (Å²) < 4.78 is 41.2. The molecule has 3 aromatic rings. The van der Waals surface area contributed by atoms with E-state index in [2.05, 4.69) is 20.8 Å². The molecule has 32 heavy (non-hydrogen) atoms. The fourth-order valence-corrected chi connectivity index (χ4v) is 3.55. The van der Waals surface area contributed by atoms with Gasteiger partial charge in [0.1, 0.15) is 17.5 Å². The van der Waals surface area contributed by atoms with Crippen molar-refractivity contribution >= 4 is 17.3 Å².